The van der Waals surface area contributed by atoms with Crippen molar-refractivity contribution in [3.8, 4) is 28.5 Å². The van der Waals surface area contributed by atoms with Crippen LogP contribution in [0.2, 0.25) is 0 Å². The van der Waals surface area contributed by atoms with Crippen LogP contribution in [0.4, 0.5) is 15.9 Å². The minimum absolute atomic E-state index is 0.0853. The standard InChI is InChI=1S/C38H42FN9O4/c1-50-31-4-3-5-32(34(31)39)52-29-13-6-24(7-14-29)35-33-36(40)42-23-43-37(33)48(44-35)26-10-8-25(9-11-26)45-16-18-46(19-17-45)28-21-47(22-28)27-12-15-30(41-20-27)38(49)51-2/h3-7,12-15,20,23,25-26,28H,8-11,16-19,21-22H2,1-2H3,(H2,40,42,43). The maximum atomic E-state index is 14.7. The lowest BCUT2D eigenvalue weighted by Crippen LogP contribution is -2.64. The zero-order valence-corrected chi connectivity index (χ0v) is 29.3. The first kappa shape index (κ1) is 33.8. The van der Waals surface area contributed by atoms with E-state index >= 15 is 0 Å². The molecule has 2 N–H and O–H groups in total. The summed E-state index contributed by atoms with van der Waals surface area (Å²) < 4.78 is 32.4. The number of hydrogen-bond acceptors (Lipinski definition) is 12. The SMILES string of the molecule is COC(=O)c1ccc(N2CC(N3CCN(C4CCC(n5nc(-c6ccc(Oc7cccc(OC)c7F)cc6)c6c(N)ncnc65)CC4)CC3)C2)cn1. The van der Waals surface area contributed by atoms with Gasteiger partial charge in [-0.15, -0.1) is 0 Å². The van der Waals surface area contributed by atoms with E-state index in [1.54, 1.807) is 42.6 Å². The highest BCUT2D eigenvalue weighted by atomic mass is 19.1. The number of hydrogen-bond donors (Lipinski definition) is 1. The maximum Gasteiger partial charge on any atom is 0.356 e. The number of anilines is 2. The molecule has 52 heavy (non-hydrogen) atoms. The number of ether oxygens (including phenoxy) is 3. The van der Waals surface area contributed by atoms with Crippen LogP contribution in [-0.4, -0.2) is 106 Å². The average Bonchev–Trinajstić information content (AvgIpc) is 3.57. The van der Waals surface area contributed by atoms with Crippen LogP contribution in [0.15, 0.2) is 67.1 Å². The van der Waals surface area contributed by atoms with E-state index in [4.69, 9.17) is 25.0 Å². The Morgan fingerprint density at radius 2 is 1.52 bits per heavy atom. The number of pyridine rings is 1. The Balaban J connectivity index is 0.873. The van der Waals surface area contributed by atoms with Crippen LogP contribution in [0.25, 0.3) is 22.3 Å². The molecule has 0 atom stereocenters. The first-order valence-corrected chi connectivity index (χ1v) is 17.8. The topological polar surface area (TPSA) is 137 Å². The highest BCUT2D eigenvalue weighted by Crippen LogP contribution is 2.38. The van der Waals surface area contributed by atoms with Gasteiger partial charge in [-0.2, -0.15) is 9.49 Å². The van der Waals surface area contributed by atoms with Gasteiger partial charge in [0.05, 0.1) is 37.5 Å². The first-order chi connectivity index (χ1) is 25.4. The molecule has 5 heterocycles. The Morgan fingerprint density at radius 1 is 0.827 bits per heavy atom. The van der Waals surface area contributed by atoms with E-state index in [1.165, 1.54) is 20.5 Å². The third-order valence-corrected chi connectivity index (χ3v) is 10.8. The van der Waals surface area contributed by atoms with Gasteiger partial charge in [-0.05, 0) is 74.2 Å². The van der Waals surface area contributed by atoms with Crippen molar-refractivity contribution >= 4 is 28.5 Å². The van der Waals surface area contributed by atoms with Crippen LogP contribution < -0.4 is 20.1 Å². The second kappa shape index (κ2) is 14.4. The van der Waals surface area contributed by atoms with Crippen LogP contribution in [0.1, 0.15) is 42.2 Å². The largest absolute Gasteiger partial charge is 0.494 e. The van der Waals surface area contributed by atoms with E-state index in [1.807, 2.05) is 22.9 Å². The van der Waals surface area contributed by atoms with Crippen LogP contribution in [0.3, 0.4) is 0 Å². The molecule has 1 saturated carbocycles. The fourth-order valence-corrected chi connectivity index (χ4v) is 7.82. The van der Waals surface area contributed by atoms with Gasteiger partial charge < -0.3 is 24.8 Å². The third kappa shape index (κ3) is 6.48. The fraction of sp³-hybridized carbons (Fsp3) is 0.395. The number of halogens is 1. The lowest BCUT2D eigenvalue weighted by atomic mass is 9.89. The molecule has 1 aliphatic carbocycles. The summed E-state index contributed by atoms with van der Waals surface area (Å²) in [4.78, 5) is 32.5. The Labute approximate surface area is 301 Å². The van der Waals surface area contributed by atoms with Gasteiger partial charge >= 0.3 is 5.97 Å². The van der Waals surface area contributed by atoms with E-state index in [-0.39, 0.29) is 17.5 Å². The number of fused-ring (bicyclic) bond motifs is 1. The van der Waals surface area contributed by atoms with Crippen LogP contribution in [0.5, 0.6) is 17.2 Å². The van der Waals surface area contributed by atoms with E-state index in [9.17, 15) is 9.18 Å². The van der Waals surface area contributed by atoms with Gasteiger partial charge in [-0.1, -0.05) is 6.07 Å². The second-order valence-electron chi connectivity index (χ2n) is 13.6. The summed E-state index contributed by atoms with van der Waals surface area (Å²) in [5, 5.41) is 5.82. The summed E-state index contributed by atoms with van der Waals surface area (Å²) in [6.07, 6.45) is 7.46. The van der Waals surface area contributed by atoms with Gasteiger partial charge in [0.1, 0.15) is 29.3 Å². The lowest BCUT2D eigenvalue weighted by molar-refractivity contribution is 0.0438. The number of carbonyl (C=O) groups excluding carboxylic acids is 1. The molecule has 3 fully saturated rings. The molecule has 0 spiro atoms. The third-order valence-electron chi connectivity index (χ3n) is 10.8. The number of methoxy groups -OCH3 is 2. The number of nitrogens with two attached hydrogens (primary N) is 1. The summed E-state index contributed by atoms with van der Waals surface area (Å²) in [5.41, 5.74) is 10.1. The van der Waals surface area contributed by atoms with Gasteiger partial charge in [-0.3, -0.25) is 9.80 Å². The molecule has 3 aromatic heterocycles. The monoisotopic (exact) mass is 707 g/mol. The molecule has 0 amide bonds. The number of esters is 1. The Morgan fingerprint density at radius 3 is 2.19 bits per heavy atom. The summed E-state index contributed by atoms with van der Waals surface area (Å²) in [6, 6.07) is 17.1. The zero-order chi connectivity index (χ0) is 35.8. The Kier molecular flexibility index (Phi) is 9.32. The lowest BCUT2D eigenvalue weighted by Gasteiger charge is -2.50. The molecular formula is C38H42FN9O4. The van der Waals surface area contributed by atoms with Gasteiger partial charge in [0, 0.05) is 56.9 Å². The second-order valence-corrected chi connectivity index (χ2v) is 13.6. The van der Waals surface area contributed by atoms with Crippen molar-refractivity contribution in [2.45, 2.75) is 43.8 Å². The molecule has 2 aromatic carbocycles. The summed E-state index contributed by atoms with van der Waals surface area (Å²) in [5.74, 6) is 0.111. The number of aromatic nitrogens is 5. The normalized spacial score (nSPS) is 20.1. The zero-order valence-electron chi connectivity index (χ0n) is 29.3. The number of nitrogens with zero attached hydrogens (tertiary/aromatic N) is 8. The minimum atomic E-state index is -0.553. The van der Waals surface area contributed by atoms with Gasteiger partial charge in [0.25, 0.3) is 0 Å². The number of piperazine rings is 1. The van der Waals surface area contributed by atoms with Crippen molar-refractivity contribution in [3.63, 3.8) is 0 Å². The molecule has 270 valence electrons. The maximum absolute atomic E-state index is 14.7. The first-order valence-electron chi connectivity index (χ1n) is 17.8. The molecule has 8 rings (SSSR count). The number of benzene rings is 2. The smallest absolute Gasteiger partial charge is 0.356 e. The van der Waals surface area contributed by atoms with Gasteiger partial charge in [0.15, 0.2) is 17.1 Å². The van der Waals surface area contributed by atoms with Crippen molar-refractivity contribution in [3.05, 3.63) is 78.6 Å². The van der Waals surface area contributed by atoms with E-state index in [2.05, 4.69) is 29.7 Å². The molecule has 0 bridgehead atoms. The molecule has 14 heteroatoms. The molecule has 0 radical (unpaired) electrons. The minimum Gasteiger partial charge on any atom is -0.494 e. The van der Waals surface area contributed by atoms with Crippen molar-refractivity contribution in [2.24, 2.45) is 0 Å². The van der Waals surface area contributed by atoms with E-state index in [0.717, 1.165) is 92.9 Å². The number of rotatable bonds is 9. The summed E-state index contributed by atoms with van der Waals surface area (Å²) in [7, 11) is 2.79. The molecule has 2 aliphatic heterocycles. The molecular weight excluding hydrogens is 665 g/mol. The average molecular weight is 708 g/mol. The van der Waals surface area contributed by atoms with Crippen LogP contribution in [0, 0.1) is 5.82 Å². The van der Waals surface area contributed by atoms with Crippen molar-refractivity contribution < 1.29 is 23.4 Å². The van der Waals surface area contributed by atoms with Gasteiger partial charge in [-0.25, -0.2) is 24.4 Å². The van der Waals surface area contributed by atoms with E-state index < -0.39 is 11.8 Å². The number of nitrogen functional groups attached to an aromatic ring is 1. The molecule has 0 unspecified atom stereocenters. The van der Waals surface area contributed by atoms with Crippen LogP contribution >= 0.6 is 0 Å². The Hall–Kier alpha value is -5.34. The molecule has 3 aliphatic rings. The molecule has 2 saturated heterocycles. The molecule has 13 nitrogen and oxygen atoms in total. The summed E-state index contributed by atoms with van der Waals surface area (Å²) >= 11 is 0. The highest BCUT2D eigenvalue weighted by molar-refractivity contribution is 5.98. The number of carbonyl (C=O) groups is 1. The van der Waals surface area contributed by atoms with Gasteiger partial charge in [0.2, 0.25) is 5.82 Å². The fourth-order valence-electron chi connectivity index (χ4n) is 7.82. The molecule has 5 aromatic rings. The van der Waals surface area contributed by atoms with Crippen molar-refractivity contribution in [1.29, 1.82) is 0 Å². The van der Waals surface area contributed by atoms with E-state index in [0.29, 0.717) is 29.3 Å². The van der Waals surface area contributed by atoms with Crippen molar-refractivity contribution in [2.75, 3.05) is 64.1 Å². The van der Waals surface area contributed by atoms with Crippen molar-refractivity contribution in [1.82, 2.24) is 34.5 Å². The predicted octanol–water partition coefficient (Wildman–Crippen LogP) is 5.19. The van der Waals surface area contributed by atoms with Crippen LogP contribution in [-0.2, 0) is 4.74 Å². The summed E-state index contributed by atoms with van der Waals surface area (Å²) in [6.45, 7) is 6.23. The Bertz CT molecular complexity index is 2040. The highest BCUT2D eigenvalue weighted by Gasteiger charge is 2.36. The predicted molar refractivity (Wildman–Crippen MR) is 194 cm³/mol. The quantitative estimate of drug-likeness (QED) is 0.202.